The number of imidazole rings is 1. The monoisotopic (exact) mass is 257 g/mol. The van der Waals surface area contributed by atoms with E-state index >= 15 is 0 Å². The third kappa shape index (κ3) is 2.59. The second kappa shape index (κ2) is 4.64. The SMILES string of the molecule is CC(C)Cc1cc(N)nc(-c2cncn2C2CC2)n1. The van der Waals surface area contributed by atoms with Crippen LogP contribution in [-0.2, 0) is 6.42 Å². The highest BCUT2D eigenvalue weighted by molar-refractivity contribution is 5.52. The lowest BCUT2D eigenvalue weighted by Crippen LogP contribution is -2.05. The summed E-state index contributed by atoms with van der Waals surface area (Å²) < 4.78 is 2.16. The Morgan fingerprint density at radius 2 is 2.16 bits per heavy atom. The van der Waals surface area contributed by atoms with Crippen molar-refractivity contribution in [2.45, 2.75) is 39.2 Å². The molecule has 0 bridgehead atoms. The van der Waals surface area contributed by atoms with Gasteiger partial charge >= 0.3 is 0 Å². The largest absolute Gasteiger partial charge is 0.384 e. The van der Waals surface area contributed by atoms with Gasteiger partial charge in [0, 0.05) is 17.8 Å². The van der Waals surface area contributed by atoms with Crippen molar-refractivity contribution >= 4 is 5.82 Å². The standard InChI is InChI=1S/C14H19N5/c1-9(2)5-10-6-13(15)18-14(17-10)12-7-16-8-19(12)11-3-4-11/h6-9,11H,3-5H2,1-2H3,(H2,15,17,18). The molecule has 1 fully saturated rings. The van der Waals surface area contributed by atoms with Gasteiger partial charge < -0.3 is 10.3 Å². The van der Waals surface area contributed by atoms with Gasteiger partial charge in [0.15, 0.2) is 5.82 Å². The molecule has 0 radical (unpaired) electrons. The Balaban J connectivity index is 1.99. The van der Waals surface area contributed by atoms with Gasteiger partial charge in [-0.3, -0.25) is 0 Å². The van der Waals surface area contributed by atoms with Crippen LogP contribution in [0.15, 0.2) is 18.6 Å². The summed E-state index contributed by atoms with van der Waals surface area (Å²) in [4.78, 5) is 13.2. The van der Waals surface area contributed by atoms with E-state index in [0.717, 1.165) is 17.8 Å². The van der Waals surface area contributed by atoms with Crippen LogP contribution in [0.4, 0.5) is 5.82 Å². The Kier molecular flexibility index (Phi) is 2.97. The fourth-order valence-electron chi connectivity index (χ4n) is 2.28. The molecule has 1 aliphatic carbocycles. The molecule has 2 N–H and O–H groups in total. The molecule has 0 aromatic carbocycles. The van der Waals surface area contributed by atoms with E-state index in [4.69, 9.17) is 5.73 Å². The second-order valence-corrected chi connectivity index (χ2v) is 5.62. The first-order chi connectivity index (χ1) is 9.13. The van der Waals surface area contributed by atoms with Crippen molar-refractivity contribution in [2.75, 3.05) is 5.73 Å². The van der Waals surface area contributed by atoms with Gasteiger partial charge in [-0.05, 0) is 25.2 Å². The van der Waals surface area contributed by atoms with Gasteiger partial charge in [0.05, 0.1) is 12.5 Å². The number of aromatic nitrogens is 4. The van der Waals surface area contributed by atoms with Crippen molar-refractivity contribution in [3.05, 3.63) is 24.3 Å². The lowest BCUT2D eigenvalue weighted by atomic mass is 10.1. The Hall–Kier alpha value is -1.91. The Morgan fingerprint density at radius 1 is 1.37 bits per heavy atom. The van der Waals surface area contributed by atoms with E-state index < -0.39 is 0 Å². The zero-order chi connectivity index (χ0) is 13.4. The third-order valence-corrected chi connectivity index (χ3v) is 3.25. The molecule has 0 amide bonds. The van der Waals surface area contributed by atoms with Crippen LogP contribution in [0.3, 0.4) is 0 Å². The van der Waals surface area contributed by atoms with Crippen LogP contribution in [0.2, 0.25) is 0 Å². The second-order valence-electron chi connectivity index (χ2n) is 5.62. The zero-order valence-corrected chi connectivity index (χ0v) is 11.4. The molecule has 2 aromatic rings. The average molecular weight is 257 g/mol. The number of nitrogen functional groups attached to an aromatic ring is 1. The van der Waals surface area contributed by atoms with Crippen molar-refractivity contribution < 1.29 is 0 Å². The minimum Gasteiger partial charge on any atom is -0.384 e. The summed E-state index contributed by atoms with van der Waals surface area (Å²) in [5.41, 5.74) is 7.88. The molecule has 2 heterocycles. The molecule has 5 nitrogen and oxygen atoms in total. The van der Waals surface area contributed by atoms with Crippen molar-refractivity contribution in [2.24, 2.45) is 5.92 Å². The molecule has 1 aliphatic rings. The van der Waals surface area contributed by atoms with Crippen LogP contribution < -0.4 is 5.73 Å². The van der Waals surface area contributed by atoms with Gasteiger partial charge in [-0.15, -0.1) is 0 Å². The Labute approximate surface area is 112 Å². The fourth-order valence-corrected chi connectivity index (χ4v) is 2.28. The van der Waals surface area contributed by atoms with E-state index in [1.54, 1.807) is 0 Å². The van der Waals surface area contributed by atoms with E-state index in [-0.39, 0.29) is 0 Å². The number of hydrogen-bond donors (Lipinski definition) is 1. The minimum atomic E-state index is 0.532. The van der Waals surface area contributed by atoms with Gasteiger partial charge in [0.25, 0.3) is 0 Å². The molecular weight excluding hydrogens is 238 g/mol. The third-order valence-electron chi connectivity index (χ3n) is 3.25. The first kappa shape index (κ1) is 12.1. The predicted molar refractivity (Wildman–Crippen MR) is 74.5 cm³/mol. The molecule has 100 valence electrons. The molecule has 5 heteroatoms. The van der Waals surface area contributed by atoms with Gasteiger partial charge in [0.2, 0.25) is 0 Å². The smallest absolute Gasteiger partial charge is 0.180 e. The van der Waals surface area contributed by atoms with Crippen LogP contribution in [-0.4, -0.2) is 19.5 Å². The summed E-state index contributed by atoms with van der Waals surface area (Å²) in [6.07, 6.45) is 7.03. The van der Waals surface area contributed by atoms with Gasteiger partial charge in [-0.25, -0.2) is 15.0 Å². The quantitative estimate of drug-likeness (QED) is 0.913. The van der Waals surface area contributed by atoms with E-state index in [0.29, 0.717) is 23.6 Å². The first-order valence-electron chi connectivity index (χ1n) is 6.79. The van der Waals surface area contributed by atoms with Gasteiger partial charge in [-0.2, -0.15) is 0 Å². The zero-order valence-electron chi connectivity index (χ0n) is 11.4. The number of hydrogen-bond acceptors (Lipinski definition) is 4. The predicted octanol–water partition coefficient (Wildman–Crippen LogP) is 2.46. The highest BCUT2D eigenvalue weighted by Crippen LogP contribution is 2.37. The van der Waals surface area contributed by atoms with Crippen molar-refractivity contribution in [1.82, 2.24) is 19.5 Å². The summed E-state index contributed by atoms with van der Waals surface area (Å²) in [7, 11) is 0. The fraction of sp³-hybridized carbons (Fsp3) is 0.500. The average Bonchev–Trinajstić information content (AvgIpc) is 3.05. The van der Waals surface area contributed by atoms with Crippen LogP contribution in [0.1, 0.15) is 38.4 Å². The Morgan fingerprint density at radius 3 is 2.84 bits per heavy atom. The van der Waals surface area contributed by atoms with Crippen LogP contribution in [0, 0.1) is 5.92 Å². The maximum Gasteiger partial charge on any atom is 0.180 e. The van der Waals surface area contributed by atoms with Crippen molar-refractivity contribution in [3.63, 3.8) is 0 Å². The molecule has 2 aromatic heterocycles. The van der Waals surface area contributed by atoms with E-state index in [2.05, 4.69) is 33.4 Å². The summed E-state index contributed by atoms with van der Waals surface area (Å²) in [6, 6.07) is 2.43. The molecule has 3 rings (SSSR count). The molecule has 0 spiro atoms. The number of anilines is 1. The number of nitrogens with zero attached hydrogens (tertiary/aromatic N) is 4. The molecule has 19 heavy (non-hydrogen) atoms. The van der Waals surface area contributed by atoms with E-state index in [9.17, 15) is 0 Å². The van der Waals surface area contributed by atoms with E-state index in [1.807, 2.05) is 18.6 Å². The molecule has 0 unspecified atom stereocenters. The molecular formula is C14H19N5. The van der Waals surface area contributed by atoms with Crippen LogP contribution in [0.25, 0.3) is 11.5 Å². The normalized spacial score (nSPS) is 15.1. The molecule has 0 aliphatic heterocycles. The van der Waals surface area contributed by atoms with Crippen LogP contribution in [0.5, 0.6) is 0 Å². The number of rotatable bonds is 4. The summed E-state index contributed by atoms with van der Waals surface area (Å²) in [5.74, 6) is 1.78. The van der Waals surface area contributed by atoms with Crippen molar-refractivity contribution in [3.8, 4) is 11.5 Å². The summed E-state index contributed by atoms with van der Waals surface area (Å²) >= 11 is 0. The summed E-state index contributed by atoms with van der Waals surface area (Å²) in [5, 5.41) is 0. The van der Waals surface area contributed by atoms with Crippen molar-refractivity contribution in [1.29, 1.82) is 0 Å². The lowest BCUT2D eigenvalue weighted by Gasteiger charge is -2.09. The Bertz CT molecular complexity index is 583. The molecule has 0 saturated heterocycles. The molecule has 0 atom stereocenters. The number of nitrogens with two attached hydrogens (primary N) is 1. The van der Waals surface area contributed by atoms with Gasteiger partial charge in [0.1, 0.15) is 11.5 Å². The van der Waals surface area contributed by atoms with E-state index in [1.165, 1.54) is 12.8 Å². The minimum absolute atomic E-state index is 0.532. The highest BCUT2D eigenvalue weighted by atomic mass is 15.1. The molecule has 1 saturated carbocycles. The van der Waals surface area contributed by atoms with Crippen LogP contribution >= 0.6 is 0 Å². The first-order valence-corrected chi connectivity index (χ1v) is 6.79. The maximum atomic E-state index is 5.90. The summed E-state index contributed by atoms with van der Waals surface area (Å²) in [6.45, 7) is 4.35. The van der Waals surface area contributed by atoms with Gasteiger partial charge in [-0.1, -0.05) is 13.8 Å². The topological polar surface area (TPSA) is 69.6 Å². The maximum absolute atomic E-state index is 5.90. The lowest BCUT2D eigenvalue weighted by molar-refractivity contribution is 0.634. The highest BCUT2D eigenvalue weighted by Gasteiger charge is 2.26.